The van der Waals surface area contributed by atoms with Crippen molar-refractivity contribution in [3.63, 3.8) is 0 Å². The number of aliphatic carboxylic acids is 1. The van der Waals surface area contributed by atoms with Gasteiger partial charge in [0.25, 0.3) is 0 Å². The molecule has 0 heterocycles. The van der Waals surface area contributed by atoms with Gasteiger partial charge < -0.3 is 19.3 Å². The van der Waals surface area contributed by atoms with Crippen molar-refractivity contribution in [2.75, 3.05) is 6.54 Å². The quantitative estimate of drug-likeness (QED) is 0.562. The number of rotatable bonds is 2. The maximum Gasteiger partial charge on any atom is 0.439 e. The van der Waals surface area contributed by atoms with Crippen LogP contribution in [-0.4, -0.2) is 62.7 Å². The van der Waals surface area contributed by atoms with E-state index in [-0.39, 0.29) is 5.01 Å². The summed E-state index contributed by atoms with van der Waals surface area (Å²) >= 11 is 0. The summed E-state index contributed by atoms with van der Waals surface area (Å²) in [6, 6.07) is 0. The predicted molar refractivity (Wildman–Crippen MR) is 94.9 cm³/mol. The Labute approximate surface area is 159 Å². The Balaban J connectivity index is 6.02. The van der Waals surface area contributed by atoms with Gasteiger partial charge in [0.05, 0.1) is 0 Å². The molecule has 0 aromatic rings. The zero-order chi connectivity index (χ0) is 21.8. The van der Waals surface area contributed by atoms with Gasteiger partial charge in [-0.3, -0.25) is 4.79 Å². The molecule has 10 heteroatoms. The normalized spacial score (nSPS) is 12.0. The lowest BCUT2D eigenvalue weighted by atomic mass is 10.2. The van der Waals surface area contributed by atoms with Crippen LogP contribution in [0.1, 0.15) is 62.3 Å². The number of carbonyl (C=O) groups is 4. The first-order valence-electron chi connectivity index (χ1n) is 8.31. The number of carbonyl (C=O) groups excluding carboxylic acids is 3. The van der Waals surface area contributed by atoms with Crippen LogP contribution in [0.2, 0.25) is 0 Å². The van der Waals surface area contributed by atoms with Crippen molar-refractivity contribution in [2.45, 2.75) is 79.1 Å². The smallest absolute Gasteiger partial charge is 0.439 e. The maximum atomic E-state index is 12.5. The molecule has 0 aromatic carbocycles. The third kappa shape index (κ3) is 10.3. The molecule has 0 atom stereocenters. The topological polar surface area (TPSA) is 123 Å². The minimum Gasteiger partial charge on any atom is -0.480 e. The van der Waals surface area contributed by atoms with Crippen LogP contribution in [0.15, 0.2) is 0 Å². The van der Waals surface area contributed by atoms with Crippen molar-refractivity contribution in [1.82, 2.24) is 10.0 Å². The molecule has 0 radical (unpaired) electrons. The molecule has 0 saturated carbocycles. The summed E-state index contributed by atoms with van der Waals surface area (Å²) in [5.74, 6) is -1.47. The number of amides is 3. The highest BCUT2D eigenvalue weighted by molar-refractivity contribution is 5.91. The monoisotopic (exact) mass is 390 g/mol. The molecule has 0 fully saturated rings. The molecule has 0 aromatic heterocycles. The fraction of sp³-hybridized carbons (Fsp3) is 0.765. The van der Waals surface area contributed by atoms with Gasteiger partial charge in [-0.1, -0.05) is 0 Å². The van der Waals surface area contributed by atoms with Crippen molar-refractivity contribution in [3.05, 3.63) is 0 Å². The molecule has 3 amide bonds. The molecule has 0 spiro atoms. The van der Waals surface area contributed by atoms with E-state index in [0.717, 1.165) is 0 Å². The Morgan fingerprint density at radius 3 is 1.22 bits per heavy atom. The van der Waals surface area contributed by atoms with Crippen molar-refractivity contribution in [1.29, 1.82) is 0 Å². The second kappa shape index (κ2) is 8.45. The average molecular weight is 390 g/mol. The fourth-order valence-electron chi connectivity index (χ4n) is 1.54. The van der Waals surface area contributed by atoms with E-state index in [4.69, 9.17) is 19.3 Å². The van der Waals surface area contributed by atoms with Gasteiger partial charge in [0, 0.05) is 0 Å². The summed E-state index contributed by atoms with van der Waals surface area (Å²) in [7, 11) is 0. The molecule has 0 bridgehead atoms. The second-order valence-electron chi connectivity index (χ2n) is 8.70. The molecule has 0 saturated heterocycles. The lowest BCUT2D eigenvalue weighted by Gasteiger charge is -2.35. The van der Waals surface area contributed by atoms with Crippen molar-refractivity contribution < 1.29 is 38.5 Å². The number of imide groups is 1. The minimum atomic E-state index is -1.47. The Bertz CT molecular complexity index is 553. The van der Waals surface area contributed by atoms with Gasteiger partial charge in [0.2, 0.25) is 0 Å². The van der Waals surface area contributed by atoms with Crippen LogP contribution >= 0.6 is 0 Å². The Morgan fingerprint density at radius 1 is 0.667 bits per heavy atom. The van der Waals surface area contributed by atoms with E-state index in [1.165, 1.54) is 0 Å². The van der Waals surface area contributed by atoms with E-state index in [1.54, 1.807) is 62.3 Å². The first-order valence-corrected chi connectivity index (χ1v) is 8.31. The van der Waals surface area contributed by atoms with Gasteiger partial charge in [0.1, 0.15) is 23.3 Å². The fourth-order valence-corrected chi connectivity index (χ4v) is 1.54. The van der Waals surface area contributed by atoms with Gasteiger partial charge in [-0.2, -0.15) is 5.01 Å². The molecule has 0 aliphatic heterocycles. The lowest BCUT2D eigenvalue weighted by molar-refractivity contribution is -0.142. The molecule has 0 rings (SSSR count). The second-order valence-corrected chi connectivity index (χ2v) is 8.70. The highest BCUT2D eigenvalue weighted by atomic mass is 16.6. The highest BCUT2D eigenvalue weighted by Crippen LogP contribution is 2.19. The summed E-state index contributed by atoms with van der Waals surface area (Å²) in [5.41, 5.74) is -3.03. The molecule has 0 aliphatic rings. The number of hydrogen-bond acceptors (Lipinski definition) is 7. The van der Waals surface area contributed by atoms with E-state index >= 15 is 0 Å². The minimum absolute atomic E-state index is 0.193. The van der Waals surface area contributed by atoms with Gasteiger partial charge in [-0.05, 0) is 62.3 Å². The largest absolute Gasteiger partial charge is 0.480 e. The van der Waals surface area contributed by atoms with Crippen molar-refractivity contribution >= 4 is 24.2 Å². The Morgan fingerprint density at radius 2 is 0.963 bits per heavy atom. The first kappa shape index (κ1) is 24.5. The Hall–Kier alpha value is -2.52. The number of hydrazine groups is 1. The SMILES string of the molecule is CC(C)(C)OC(=O)N(CC(=O)O)N(C(=O)OC(C)(C)C)C(=O)OC(C)(C)C. The first-order chi connectivity index (χ1) is 11.8. The van der Waals surface area contributed by atoms with Crippen LogP contribution < -0.4 is 0 Å². The zero-order valence-corrected chi connectivity index (χ0v) is 17.4. The molecule has 10 nitrogen and oxygen atoms in total. The van der Waals surface area contributed by atoms with Gasteiger partial charge in [-0.25, -0.2) is 14.4 Å². The number of ether oxygens (including phenoxy) is 3. The van der Waals surface area contributed by atoms with Crippen LogP contribution in [0.4, 0.5) is 14.4 Å². The molecule has 27 heavy (non-hydrogen) atoms. The number of nitrogens with zero attached hydrogens (tertiary/aromatic N) is 2. The maximum absolute atomic E-state index is 12.5. The summed E-state index contributed by atoms with van der Waals surface area (Å²) in [5, 5.41) is 9.65. The van der Waals surface area contributed by atoms with Crippen LogP contribution in [0.25, 0.3) is 0 Å². The van der Waals surface area contributed by atoms with E-state index in [2.05, 4.69) is 0 Å². The standard InChI is InChI=1S/C17H30N2O8/c1-15(2,3)25-12(22)18(10-11(20)21)19(13(23)26-16(4,5)6)14(24)27-17(7,8)9/h10H2,1-9H3,(H,20,21). The third-order valence-corrected chi connectivity index (χ3v) is 2.26. The van der Waals surface area contributed by atoms with Gasteiger partial charge in [0.15, 0.2) is 0 Å². The average Bonchev–Trinajstić information content (AvgIpc) is 2.30. The number of carboxylic acid groups (broad SMARTS) is 1. The van der Waals surface area contributed by atoms with E-state index in [9.17, 15) is 19.2 Å². The number of hydrogen-bond donors (Lipinski definition) is 1. The zero-order valence-electron chi connectivity index (χ0n) is 17.4. The number of carboxylic acids is 1. The molecule has 1 N–H and O–H groups in total. The Kier molecular flexibility index (Phi) is 7.66. The van der Waals surface area contributed by atoms with E-state index in [0.29, 0.717) is 5.01 Å². The van der Waals surface area contributed by atoms with E-state index in [1.807, 2.05) is 0 Å². The van der Waals surface area contributed by atoms with Gasteiger partial charge in [-0.15, -0.1) is 5.01 Å². The molecule has 0 aliphatic carbocycles. The third-order valence-electron chi connectivity index (χ3n) is 2.26. The molecular formula is C17H30N2O8. The van der Waals surface area contributed by atoms with Crippen LogP contribution in [0.5, 0.6) is 0 Å². The van der Waals surface area contributed by atoms with Crippen LogP contribution in [0, 0.1) is 0 Å². The lowest BCUT2D eigenvalue weighted by Crippen LogP contribution is -2.57. The van der Waals surface area contributed by atoms with Crippen molar-refractivity contribution in [2.24, 2.45) is 0 Å². The summed E-state index contributed by atoms with van der Waals surface area (Å²) < 4.78 is 15.4. The summed E-state index contributed by atoms with van der Waals surface area (Å²) in [6.07, 6.45) is -3.77. The van der Waals surface area contributed by atoms with Crippen LogP contribution in [0.3, 0.4) is 0 Å². The highest BCUT2D eigenvalue weighted by Gasteiger charge is 2.41. The van der Waals surface area contributed by atoms with Crippen LogP contribution in [-0.2, 0) is 19.0 Å². The molecule has 0 unspecified atom stereocenters. The molecule has 156 valence electrons. The van der Waals surface area contributed by atoms with E-state index < -0.39 is 47.6 Å². The summed E-state index contributed by atoms with van der Waals surface area (Å²) in [4.78, 5) is 48.8. The predicted octanol–water partition coefficient (Wildman–Crippen LogP) is 3.40. The summed E-state index contributed by atoms with van der Waals surface area (Å²) in [6.45, 7) is 12.9. The molecular weight excluding hydrogens is 360 g/mol. The van der Waals surface area contributed by atoms with Crippen molar-refractivity contribution in [3.8, 4) is 0 Å². The van der Waals surface area contributed by atoms with Gasteiger partial charge >= 0.3 is 24.2 Å².